The van der Waals surface area contributed by atoms with Crippen LogP contribution in [0.25, 0.3) is 11.1 Å². The van der Waals surface area contributed by atoms with Gasteiger partial charge < -0.3 is 10.4 Å². The van der Waals surface area contributed by atoms with Crippen LogP contribution >= 0.6 is 0 Å². The number of carboxylic acids is 1. The van der Waals surface area contributed by atoms with Crippen molar-refractivity contribution in [1.29, 1.82) is 0 Å². The molecule has 0 bridgehead atoms. The first-order valence-corrected chi connectivity index (χ1v) is 6.05. The molecule has 5 heteroatoms. The summed E-state index contributed by atoms with van der Waals surface area (Å²) < 4.78 is 1.65. The molecule has 5 nitrogen and oxygen atoms in total. The second kappa shape index (κ2) is 5.24. The summed E-state index contributed by atoms with van der Waals surface area (Å²) >= 11 is 0. The molecule has 2 aromatic rings. The number of aromatic nitrogens is 2. The molecule has 1 aromatic heterocycles. The van der Waals surface area contributed by atoms with Gasteiger partial charge in [0.2, 0.25) is 0 Å². The van der Waals surface area contributed by atoms with E-state index < -0.39 is 11.5 Å². The van der Waals surface area contributed by atoms with Crippen LogP contribution in [-0.4, -0.2) is 33.4 Å². The molecule has 0 fully saturated rings. The molecule has 1 atom stereocenters. The Morgan fingerprint density at radius 1 is 1.37 bits per heavy atom. The number of hydrogen-bond acceptors (Lipinski definition) is 3. The quantitative estimate of drug-likeness (QED) is 0.856. The predicted octanol–water partition coefficient (Wildman–Crippen LogP) is 1.61. The van der Waals surface area contributed by atoms with Gasteiger partial charge in [-0.05, 0) is 19.5 Å². The van der Waals surface area contributed by atoms with Crippen LogP contribution in [0.15, 0.2) is 42.7 Å². The van der Waals surface area contributed by atoms with Crippen molar-refractivity contribution in [2.75, 3.05) is 7.05 Å². The highest BCUT2D eigenvalue weighted by molar-refractivity contribution is 5.78. The van der Waals surface area contributed by atoms with Gasteiger partial charge in [-0.3, -0.25) is 9.48 Å². The Hall–Kier alpha value is -2.14. The van der Waals surface area contributed by atoms with Crippen molar-refractivity contribution in [1.82, 2.24) is 15.1 Å². The van der Waals surface area contributed by atoms with E-state index >= 15 is 0 Å². The van der Waals surface area contributed by atoms with Crippen molar-refractivity contribution < 1.29 is 9.90 Å². The smallest absolute Gasteiger partial charge is 0.325 e. The highest BCUT2D eigenvalue weighted by atomic mass is 16.4. The second-order valence-electron chi connectivity index (χ2n) is 4.68. The van der Waals surface area contributed by atoms with E-state index in [1.54, 1.807) is 24.9 Å². The van der Waals surface area contributed by atoms with E-state index in [0.29, 0.717) is 0 Å². The summed E-state index contributed by atoms with van der Waals surface area (Å²) in [6, 6.07) is 9.87. The fraction of sp³-hybridized carbons (Fsp3) is 0.286. The number of aliphatic carboxylic acids is 1. The highest BCUT2D eigenvalue weighted by Gasteiger charge is 2.31. The van der Waals surface area contributed by atoms with Crippen molar-refractivity contribution in [3.05, 3.63) is 42.7 Å². The fourth-order valence-corrected chi connectivity index (χ4v) is 1.81. The van der Waals surface area contributed by atoms with Gasteiger partial charge in [-0.25, -0.2) is 0 Å². The van der Waals surface area contributed by atoms with Crippen molar-refractivity contribution >= 4 is 5.97 Å². The highest BCUT2D eigenvalue weighted by Crippen LogP contribution is 2.18. The molecule has 0 radical (unpaired) electrons. The van der Waals surface area contributed by atoms with E-state index in [1.165, 1.54) is 0 Å². The van der Waals surface area contributed by atoms with Crippen LogP contribution in [0.1, 0.15) is 6.92 Å². The molecule has 1 heterocycles. The van der Waals surface area contributed by atoms with Crippen LogP contribution in [0.4, 0.5) is 0 Å². The average molecular weight is 259 g/mol. The third kappa shape index (κ3) is 2.82. The van der Waals surface area contributed by atoms with Gasteiger partial charge in [0, 0.05) is 11.8 Å². The van der Waals surface area contributed by atoms with Gasteiger partial charge in [-0.15, -0.1) is 0 Å². The van der Waals surface area contributed by atoms with Crippen LogP contribution < -0.4 is 5.32 Å². The minimum absolute atomic E-state index is 0.270. The molecular weight excluding hydrogens is 242 g/mol. The third-order valence-corrected chi connectivity index (χ3v) is 3.24. The Kier molecular flexibility index (Phi) is 3.66. The maximum Gasteiger partial charge on any atom is 0.325 e. The lowest BCUT2D eigenvalue weighted by Gasteiger charge is -2.23. The molecule has 2 rings (SSSR count). The van der Waals surface area contributed by atoms with Gasteiger partial charge in [0.25, 0.3) is 0 Å². The number of carboxylic acid groups (broad SMARTS) is 1. The zero-order chi connectivity index (χ0) is 13.9. The van der Waals surface area contributed by atoms with Crippen molar-refractivity contribution in [2.45, 2.75) is 19.0 Å². The number of nitrogens with zero attached hydrogens (tertiary/aromatic N) is 2. The van der Waals surface area contributed by atoms with Crippen molar-refractivity contribution in [3.63, 3.8) is 0 Å². The number of nitrogens with one attached hydrogen (secondary N) is 1. The van der Waals surface area contributed by atoms with Crippen LogP contribution in [0, 0.1) is 0 Å². The first-order valence-electron chi connectivity index (χ1n) is 6.05. The van der Waals surface area contributed by atoms with Gasteiger partial charge >= 0.3 is 5.97 Å². The molecule has 19 heavy (non-hydrogen) atoms. The SMILES string of the molecule is CNC(C)(Cn1cc(-c2ccccc2)cn1)C(=O)O. The maximum atomic E-state index is 11.2. The average Bonchev–Trinajstić information content (AvgIpc) is 2.87. The lowest BCUT2D eigenvalue weighted by molar-refractivity contribution is -0.144. The van der Waals surface area contributed by atoms with Crippen molar-refractivity contribution in [3.8, 4) is 11.1 Å². The van der Waals surface area contributed by atoms with E-state index in [0.717, 1.165) is 11.1 Å². The summed E-state index contributed by atoms with van der Waals surface area (Å²) in [4.78, 5) is 11.2. The summed E-state index contributed by atoms with van der Waals surface area (Å²) in [6.07, 6.45) is 3.60. The molecule has 1 aromatic carbocycles. The monoisotopic (exact) mass is 259 g/mol. The van der Waals surface area contributed by atoms with E-state index in [9.17, 15) is 9.90 Å². The number of likely N-dealkylation sites (N-methyl/N-ethyl adjacent to an activating group) is 1. The lowest BCUT2D eigenvalue weighted by Crippen LogP contribution is -2.50. The first-order chi connectivity index (χ1) is 9.05. The fourth-order valence-electron chi connectivity index (χ4n) is 1.81. The topological polar surface area (TPSA) is 67.2 Å². The van der Waals surface area contributed by atoms with E-state index in [4.69, 9.17) is 0 Å². The Morgan fingerprint density at radius 2 is 2.05 bits per heavy atom. The molecule has 0 spiro atoms. The van der Waals surface area contributed by atoms with Gasteiger partial charge in [0.05, 0.1) is 12.7 Å². The van der Waals surface area contributed by atoms with E-state index in [2.05, 4.69) is 10.4 Å². The molecule has 0 aliphatic heterocycles. The molecule has 1 unspecified atom stereocenters. The maximum absolute atomic E-state index is 11.2. The number of rotatable bonds is 5. The molecular formula is C14H17N3O2. The predicted molar refractivity (Wildman–Crippen MR) is 72.8 cm³/mol. The number of benzene rings is 1. The van der Waals surface area contributed by atoms with Gasteiger partial charge in [0.15, 0.2) is 0 Å². The summed E-state index contributed by atoms with van der Waals surface area (Å²) in [5.74, 6) is -0.897. The Bertz CT molecular complexity index is 565. The third-order valence-electron chi connectivity index (χ3n) is 3.24. The zero-order valence-corrected chi connectivity index (χ0v) is 11.0. The number of carbonyl (C=O) groups is 1. The molecule has 0 aliphatic carbocycles. The summed E-state index contributed by atoms with van der Waals surface area (Å²) in [7, 11) is 1.63. The van der Waals surface area contributed by atoms with Crippen LogP contribution in [-0.2, 0) is 11.3 Å². The lowest BCUT2D eigenvalue weighted by atomic mass is 10.0. The Labute approximate surface area is 111 Å². The normalized spacial score (nSPS) is 14.0. The van der Waals surface area contributed by atoms with Crippen LogP contribution in [0.2, 0.25) is 0 Å². The van der Waals surface area contributed by atoms with Crippen LogP contribution in [0.5, 0.6) is 0 Å². The summed E-state index contributed by atoms with van der Waals surface area (Å²) in [5.41, 5.74) is 1.01. The van der Waals surface area contributed by atoms with Crippen LogP contribution in [0.3, 0.4) is 0 Å². The minimum Gasteiger partial charge on any atom is -0.480 e. The zero-order valence-electron chi connectivity index (χ0n) is 11.0. The molecule has 100 valence electrons. The standard InChI is InChI=1S/C14H17N3O2/c1-14(15-2,13(18)19)10-17-9-12(8-16-17)11-6-4-3-5-7-11/h3-9,15H,10H2,1-2H3,(H,18,19). The summed E-state index contributed by atoms with van der Waals surface area (Å²) in [5, 5.41) is 16.3. The van der Waals surface area contributed by atoms with Gasteiger partial charge in [0.1, 0.15) is 5.54 Å². The molecule has 0 saturated carbocycles. The largest absolute Gasteiger partial charge is 0.480 e. The second-order valence-corrected chi connectivity index (χ2v) is 4.68. The molecule has 0 aliphatic rings. The van der Waals surface area contributed by atoms with Crippen molar-refractivity contribution in [2.24, 2.45) is 0 Å². The number of hydrogen-bond donors (Lipinski definition) is 2. The van der Waals surface area contributed by atoms with E-state index in [1.807, 2.05) is 36.5 Å². The Morgan fingerprint density at radius 3 is 2.63 bits per heavy atom. The molecule has 2 N–H and O–H groups in total. The minimum atomic E-state index is -1.03. The molecule has 0 saturated heterocycles. The first kappa shape index (κ1) is 13.3. The Balaban J connectivity index is 2.21. The summed E-state index contributed by atoms with van der Waals surface area (Å²) in [6.45, 7) is 1.91. The molecule has 0 amide bonds. The van der Waals surface area contributed by atoms with E-state index in [-0.39, 0.29) is 6.54 Å². The van der Waals surface area contributed by atoms with Gasteiger partial charge in [-0.2, -0.15) is 5.10 Å². The van der Waals surface area contributed by atoms with Gasteiger partial charge in [-0.1, -0.05) is 30.3 Å².